The topological polar surface area (TPSA) is 16.4 Å². The molecule has 1 heterocycles. The molecule has 0 saturated carbocycles. The molecule has 10 aromatic rings. The van der Waals surface area contributed by atoms with E-state index in [1.54, 1.807) is 0 Å². The van der Waals surface area contributed by atoms with Crippen LogP contribution in [0.15, 0.2) is 217 Å². The standard InChI is InChI=1S/C52H35NO/c1-2-16-37(17-3-1)43-21-6-7-22-44(43)45-23-8-9-24-46(45)47-25-10-12-27-50(47)53(42-31-32-49-48-26-11-13-28-51(48)54-52(49)35-42)41-20-14-19-39(34-41)40-30-29-36-15-4-5-18-38(36)33-40/h1-35H. The van der Waals surface area contributed by atoms with Crippen molar-refractivity contribution in [2.45, 2.75) is 0 Å². The number of anilines is 3. The summed E-state index contributed by atoms with van der Waals surface area (Å²) in [6.07, 6.45) is 0. The Morgan fingerprint density at radius 3 is 1.70 bits per heavy atom. The van der Waals surface area contributed by atoms with Gasteiger partial charge in [0.15, 0.2) is 0 Å². The molecule has 0 aliphatic carbocycles. The lowest BCUT2D eigenvalue weighted by Gasteiger charge is -2.29. The Bertz CT molecular complexity index is 2960. The molecule has 10 rings (SSSR count). The van der Waals surface area contributed by atoms with Gasteiger partial charge < -0.3 is 9.32 Å². The van der Waals surface area contributed by atoms with Gasteiger partial charge in [-0.25, -0.2) is 0 Å². The zero-order valence-electron chi connectivity index (χ0n) is 29.6. The van der Waals surface area contributed by atoms with Crippen molar-refractivity contribution in [3.63, 3.8) is 0 Å². The van der Waals surface area contributed by atoms with Crippen LogP contribution in [0.2, 0.25) is 0 Å². The van der Waals surface area contributed by atoms with Gasteiger partial charge in [0.05, 0.1) is 5.69 Å². The second-order valence-electron chi connectivity index (χ2n) is 13.7. The summed E-state index contributed by atoms with van der Waals surface area (Å²) >= 11 is 0. The van der Waals surface area contributed by atoms with Crippen LogP contribution in [-0.2, 0) is 0 Å². The van der Waals surface area contributed by atoms with Gasteiger partial charge in [-0.05, 0) is 92.2 Å². The Kier molecular flexibility index (Phi) is 7.85. The van der Waals surface area contributed by atoms with Crippen LogP contribution >= 0.6 is 0 Å². The van der Waals surface area contributed by atoms with Gasteiger partial charge in [0, 0.05) is 33.8 Å². The molecule has 254 valence electrons. The van der Waals surface area contributed by atoms with E-state index >= 15 is 0 Å². The third-order valence-corrected chi connectivity index (χ3v) is 10.5. The maximum atomic E-state index is 6.47. The molecule has 0 unspecified atom stereocenters. The van der Waals surface area contributed by atoms with Gasteiger partial charge in [-0.3, -0.25) is 0 Å². The van der Waals surface area contributed by atoms with Gasteiger partial charge in [0.1, 0.15) is 11.2 Å². The summed E-state index contributed by atoms with van der Waals surface area (Å²) < 4.78 is 6.47. The minimum absolute atomic E-state index is 0.860. The number of hydrogen-bond donors (Lipinski definition) is 0. The minimum Gasteiger partial charge on any atom is -0.456 e. The van der Waals surface area contributed by atoms with E-state index in [0.717, 1.165) is 55.7 Å². The van der Waals surface area contributed by atoms with Crippen molar-refractivity contribution in [2.75, 3.05) is 4.90 Å². The molecular weight excluding hydrogens is 655 g/mol. The molecule has 0 radical (unpaired) electrons. The van der Waals surface area contributed by atoms with Crippen LogP contribution in [0.3, 0.4) is 0 Å². The molecule has 0 atom stereocenters. The first-order valence-electron chi connectivity index (χ1n) is 18.4. The first-order valence-corrected chi connectivity index (χ1v) is 18.4. The number of nitrogens with zero attached hydrogens (tertiary/aromatic N) is 1. The first kappa shape index (κ1) is 31.6. The summed E-state index contributed by atoms with van der Waals surface area (Å²) in [5.74, 6) is 0. The van der Waals surface area contributed by atoms with Crippen LogP contribution in [-0.4, -0.2) is 0 Å². The molecule has 0 amide bonds. The smallest absolute Gasteiger partial charge is 0.137 e. The van der Waals surface area contributed by atoms with Crippen LogP contribution < -0.4 is 4.90 Å². The van der Waals surface area contributed by atoms with E-state index < -0.39 is 0 Å². The molecule has 2 heteroatoms. The largest absolute Gasteiger partial charge is 0.456 e. The van der Waals surface area contributed by atoms with Crippen molar-refractivity contribution in [3.05, 3.63) is 212 Å². The van der Waals surface area contributed by atoms with Crippen molar-refractivity contribution in [2.24, 2.45) is 0 Å². The van der Waals surface area contributed by atoms with Crippen LogP contribution in [0, 0.1) is 0 Å². The fraction of sp³-hybridized carbons (Fsp3) is 0. The van der Waals surface area contributed by atoms with Crippen molar-refractivity contribution in [1.29, 1.82) is 0 Å². The Labute approximate surface area is 314 Å². The van der Waals surface area contributed by atoms with Crippen LogP contribution in [0.4, 0.5) is 17.1 Å². The molecule has 1 aromatic heterocycles. The molecule has 0 fully saturated rings. The maximum Gasteiger partial charge on any atom is 0.137 e. The molecular formula is C52H35NO. The van der Waals surface area contributed by atoms with Gasteiger partial charge in [-0.1, -0.05) is 164 Å². The fourth-order valence-corrected chi connectivity index (χ4v) is 7.91. The Hall–Kier alpha value is -7.16. The second kappa shape index (κ2) is 13.4. The predicted molar refractivity (Wildman–Crippen MR) is 228 cm³/mol. The van der Waals surface area contributed by atoms with E-state index in [1.165, 1.54) is 38.6 Å². The summed E-state index contributed by atoms with van der Waals surface area (Å²) in [5, 5.41) is 4.69. The molecule has 0 spiro atoms. The van der Waals surface area contributed by atoms with Crippen molar-refractivity contribution < 1.29 is 4.42 Å². The Morgan fingerprint density at radius 1 is 0.296 bits per heavy atom. The zero-order valence-corrected chi connectivity index (χ0v) is 29.6. The van der Waals surface area contributed by atoms with Gasteiger partial charge >= 0.3 is 0 Å². The van der Waals surface area contributed by atoms with Gasteiger partial charge in [0.25, 0.3) is 0 Å². The van der Waals surface area contributed by atoms with E-state index in [2.05, 4.69) is 205 Å². The molecule has 0 saturated heterocycles. The molecule has 0 N–H and O–H groups in total. The third-order valence-electron chi connectivity index (χ3n) is 10.5. The molecule has 2 nitrogen and oxygen atoms in total. The van der Waals surface area contributed by atoms with E-state index in [9.17, 15) is 0 Å². The van der Waals surface area contributed by atoms with Gasteiger partial charge in [0.2, 0.25) is 0 Å². The molecule has 54 heavy (non-hydrogen) atoms. The Morgan fingerprint density at radius 2 is 0.870 bits per heavy atom. The minimum atomic E-state index is 0.860. The van der Waals surface area contributed by atoms with Crippen molar-refractivity contribution in [3.8, 4) is 44.5 Å². The van der Waals surface area contributed by atoms with E-state index in [0.29, 0.717) is 0 Å². The normalized spacial score (nSPS) is 11.3. The molecule has 0 aliphatic heterocycles. The number of benzene rings is 9. The quantitative estimate of drug-likeness (QED) is 0.166. The van der Waals surface area contributed by atoms with Crippen LogP contribution in [0.5, 0.6) is 0 Å². The molecule has 0 bridgehead atoms. The van der Waals surface area contributed by atoms with Crippen LogP contribution in [0.1, 0.15) is 0 Å². The number of furan rings is 1. The second-order valence-corrected chi connectivity index (χ2v) is 13.7. The average molecular weight is 690 g/mol. The van der Waals surface area contributed by atoms with Gasteiger partial charge in [-0.2, -0.15) is 0 Å². The highest BCUT2D eigenvalue weighted by Gasteiger charge is 2.21. The zero-order chi connectivity index (χ0) is 35.8. The number of fused-ring (bicyclic) bond motifs is 4. The highest BCUT2D eigenvalue weighted by Crippen LogP contribution is 2.46. The predicted octanol–water partition coefficient (Wildman–Crippen LogP) is 14.9. The van der Waals surface area contributed by atoms with Crippen molar-refractivity contribution in [1.82, 2.24) is 0 Å². The van der Waals surface area contributed by atoms with Crippen molar-refractivity contribution >= 4 is 49.8 Å². The number of hydrogen-bond acceptors (Lipinski definition) is 2. The highest BCUT2D eigenvalue weighted by molar-refractivity contribution is 6.06. The first-order chi connectivity index (χ1) is 26.8. The summed E-state index contributed by atoms with van der Waals surface area (Å²) in [6.45, 7) is 0. The summed E-state index contributed by atoms with van der Waals surface area (Å²) in [4.78, 5) is 2.38. The molecule has 9 aromatic carbocycles. The lowest BCUT2D eigenvalue weighted by atomic mass is 9.88. The summed E-state index contributed by atoms with van der Waals surface area (Å²) in [6, 6.07) is 76.0. The summed E-state index contributed by atoms with van der Waals surface area (Å²) in [7, 11) is 0. The summed E-state index contributed by atoms with van der Waals surface area (Å²) in [5.41, 5.74) is 14.3. The lowest BCUT2D eigenvalue weighted by Crippen LogP contribution is -2.11. The highest BCUT2D eigenvalue weighted by atomic mass is 16.3. The molecule has 0 aliphatic rings. The number of rotatable bonds is 7. The van der Waals surface area contributed by atoms with E-state index in [4.69, 9.17) is 4.42 Å². The van der Waals surface area contributed by atoms with Crippen LogP contribution in [0.25, 0.3) is 77.2 Å². The van der Waals surface area contributed by atoms with E-state index in [1.807, 2.05) is 12.1 Å². The average Bonchev–Trinajstić information content (AvgIpc) is 3.62. The Balaban J connectivity index is 1.18. The SMILES string of the molecule is c1ccc(-c2ccccc2-c2ccccc2-c2ccccc2N(c2cccc(-c3ccc4ccccc4c3)c2)c2ccc3c(c2)oc2ccccc23)cc1. The lowest BCUT2D eigenvalue weighted by molar-refractivity contribution is 0.669. The maximum absolute atomic E-state index is 6.47. The van der Waals surface area contributed by atoms with Gasteiger partial charge in [-0.15, -0.1) is 0 Å². The third kappa shape index (κ3) is 5.62. The fourth-order valence-electron chi connectivity index (χ4n) is 7.91. The van der Waals surface area contributed by atoms with E-state index in [-0.39, 0.29) is 0 Å². The number of para-hydroxylation sites is 2. The monoisotopic (exact) mass is 689 g/mol.